The molecule has 110 valence electrons. The molecule has 2 nitrogen and oxygen atoms in total. The number of benzene rings is 1. The van der Waals surface area contributed by atoms with Crippen LogP contribution in [-0.2, 0) is 9.53 Å². The molecule has 1 saturated carbocycles. The minimum absolute atomic E-state index is 0.0191. The molecule has 20 heavy (non-hydrogen) atoms. The fourth-order valence-electron chi connectivity index (χ4n) is 3.00. The average molecular weight is 274 g/mol. The van der Waals surface area contributed by atoms with Crippen molar-refractivity contribution in [2.24, 2.45) is 5.92 Å². The number of hydrogen-bond acceptors (Lipinski definition) is 2. The molecule has 2 unspecified atom stereocenters. The van der Waals surface area contributed by atoms with Crippen molar-refractivity contribution >= 4 is 5.97 Å². The molecule has 2 heteroatoms. The lowest BCUT2D eigenvalue weighted by atomic mass is 9.75. The van der Waals surface area contributed by atoms with E-state index in [2.05, 4.69) is 31.2 Å². The molecule has 0 saturated heterocycles. The fourth-order valence-corrected chi connectivity index (χ4v) is 3.00. The van der Waals surface area contributed by atoms with Crippen LogP contribution in [0, 0.1) is 12.8 Å². The number of ether oxygens (including phenoxy) is 1. The normalized spacial score (nSPS) is 23.4. The molecular weight excluding hydrogens is 248 g/mol. The van der Waals surface area contributed by atoms with Gasteiger partial charge in [0.2, 0.25) is 0 Å². The van der Waals surface area contributed by atoms with Gasteiger partial charge in [-0.1, -0.05) is 42.7 Å². The zero-order valence-electron chi connectivity index (χ0n) is 13.1. The number of aryl methyl sites for hydroxylation is 1. The Labute approximate surface area is 122 Å². The van der Waals surface area contributed by atoms with Gasteiger partial charge in [-0.25, -0.2) is 0 Å². The van der Waals surface area contributed by atoms with E-state index in [9.17, 15) is 4.79 Å². The van der Waals surface area contributed by atoms with Crippen LogP contribution in [0.25, 0.3) is 0 Å². The second-order valence-corrected chi connectivity index (χ2v) is 6.94. The predicted octanol–water partition coefficient (Wildman–Crippen LogP) is 4.61. The summed E-state index contributed by atoms with van der Waals surface area (Å²) in [6.45, 7) is 7.91. The van der Waals surface area contributed by atoms with Gasteiger partial charge in [0.1, 0.15) is 5.60 Å². The third-order valence-corrected chi connectivity index (χ3v) is 3.98. The maximum atomic E-state index is 12.4. The van der Waals surface area contributed by atoms with Crippen LogP contribution in [0.1, 0.15) is 63.5 Å². The summed E-state index contributed by atoms with van der Waals surface area (Å²) in [6.07, 6.45) is 4.38. The van der Waals surface area contributed by atoms with Gasteiger partial charge in [-0.2, -0.15) is 0 Å². The average Bonchev–Trinajstić information content (AvgIpc) is 2.38. The van der Waals surface area contributed by atoms with Crippen molar-refractivity contribution in [3.63, 3.8) is 0 Å². The van der Waals surface area contributed by atoms with E-state index in [4.69, 9.17) is 4.74 Å². The summed E-state index contributed by atoms with van der Waals surface area (Å²) in [6, 6.07) is 8.61. The third-order valence-electron chi connectivity index (χ3n) is 3.98. The van der Waals surface area contributed by atoms with E-state index in [1.165, 1.54) is 17.5 Å². The van der Waals surface area contributed by atoms with Crippen LogP contribution in [0.15, 0.2) is 24.3 Å². The summed E-state index contributed by atoms with van der Waals surface area (Å²) in [5.41, 5.74) is 2.15. The van der Waals surface area contributed by atoms with E-state index >= 15 is 0 Å². The largest absolute Gasteiger partial charge is 0.460 e. The highest BCUT2D eigenvalue weighted by Gasteiger charge is 2.34. The molecule has 1 aromatic rings. The summed E-state index contributed by atoms with van der Waals surface area (Å²) in [4.78, 5) is 12.4. The van der Waals surface area contributed by atoms with Crippen LogP contribution in [0.4, 0.5) is 0 Å². The van der Waals surface area contributed by atoms with Crippen molar-refractivity contribution in [3.05, 3.63) is 35.4 Å². The summed E-state index contributed by atoms with van der Waals surface area (Å²) in [5.74, 6) is 0.313. The number of carbonyl (C=O) groups is 1. The van der Waals surface area contributed by atoms with Crippen LogP contribution in [0.5, 0.6) is 0 Å². The molecule has 0 aromatic heterocycles. The molecule has 0 radical (unpaired) electrons. The first-order chi connectivity index (χ1) is 9.37. The van der Waals surface area contributed by atoms with Gasteiger partial charge in [0.05, 0.1) is 5.92 Å². The topological polar surface area (TPSA) is 26.3 Å². The van der Waals surface area contributed by atoms with Crippen molar-refractivity contribution in [1.82, 2.24) is 0 Å². The second-order valence-electron chi connectivity index (χ2n) is 6.94. The Morgan fingerprint density at radius 3 is 2.30 bits per heavy atom. The maximum absolute atomic E-state index is 12.4. The summed E-state index contributed by atoms with van der Waals surface area (Å²) < 4.78 is 5.61. The summed E-state index contributed by atoms with van der Waals surface area (Å²) >= 11 is 0. The molecule has 0 N–H and O–H groups in total. The fraction of sp³-hybridized carbons (Fsp3) is 0.611. The molecule has 0 bridgehead atoms. The Morgan fingerprint density at radius 2 is 1.70 bits per heavy atom. The number of carbonyl (C=O) groups excluding carboxylic acids is 1. The zero-order chi connectivity index (χ0) is 14.8. The van der Waals surface area contributed by atoms with Crippen LogP contribution in [0.3, 0.4) is 0 Å². The molecule has 1 aliphatic rings. The van der Waals surface area contributed by atoms with Crippen molar-refractivity contribution in [1.29, 1.82) is 0 Å². The standard InChI is InChI=1S/C18H26O2/c1-13-9-11-14(12-10-13)15-7-5-6-8-16(15)17(19)20-18(2,3)4/h9-12,15-16H,5-8H2,1-4H3. The predicted molar refractivity (Wildman–Crippen MR) is 81.7 cm³/mol. The first-order valence-corrected chi connectivity index (χ1v) is 7.66. The van der Waals surface area contributed by atoms with Crippen LogP contribution in [-0.4, -0.2) is 11.6 Å². The van der Waals surface area contributed by atoms with E-state index < -0.39 is 5.60 Å². The molecule has 0 aliphatic heterocycles. The molecule has 0 spiro atoms. The second kappa shape index (κ2) is 5.99. The molecule has 2 atom stereocenters. The molecular formula is C18H26O2. The third kappa shape index (κ3) is 3.84. The highest BCUT2D eigenvalue weighted by Crippen LogP contribution is 2.39. The molecule has 1 aromatic carbocycles. The van der Waals surface area contributed by atoms with Gasteiger partial charge in [-0.3, -0.25) is 4.79 Å². The van der Waals surface area contributed by atoms with E-state index in [-0.39, 0.29) is 11.9 Å². The summed E-state index contributed by atoms with van der Waals surface area (Å²) in [5, 5.41) is 0. The van der Waals surface area contributed by atoms with Crippen molar-refractivity contribution in [2.75, 3.05) is 0 Å². The first kappa shape index (κ1) is 15.1. The Kier molecular flexibility index (Phi) is 4.52. The van der Waals surface area contributed by atoms with Gasteiger partial charge in [0.25, 0.3) is 0 Å². The molecule has 0 amide bonds. The van der Waals surface area contributed by atoms with Gasteiger partial charge in [-0.05, 0) is 52.0 Å². The van der Waals surface area contributed by atoms with Crippen molar-refractivity contribution in [3.8, 4) is 0 Å². The molecule has 1 aliphatic carbocycles. The smallest absolute Gasteiger partial charge is 0.310 e. The van der Waals surface area contributed by atoms with E-state index in [1.807, 2.05) is 20.8 Å². The molecule has 1 fully saturated rings. The van der Waals surface area contributed by atoms with Crippen LogP contribution < -0.4 is 0 Å². The highest BCUT2D eigenvalue weighted by molar-refractivity contribution is 5.74. The lowest BCUT2D eigenvalue weighted by Gasteiger charge is -2.32. The highest BCUT2D eigenvalue weighted by atomic mass is 16.6. The lowest BCUT2D eigenvalue weighted by molar-refractivity contribution is -0.161. The van der Waals surface area contributed by atoms with Crippen molar-refractivity contribution in [2.45, 2.75) is 64.9 Å². The first-order valence-electron chi connectivity index (χ1n) is 7.66. The van der Waals surface area contributed by atoms with Crippen molar-refractivity contribution < 1.29 is 9.53 Å². The molecule has 2 rings (SSSR count). The van der Waals surface area contributed by atoms with Gasteiger partial charge in [0, 0.05) is 0 Å². The Bertz CT molecular complexity index is 453. The van der Waals surface area contributed by atoms with Gasteiger partial charge in [0.15, 0.2) is 0 Å². The lowest BCUT2D eigenvalue weighted by Crippen LogP contribution is -2.33. The number of rotatable bonds is 2. The van der Waals surface area contributed by atoms with Crippen LogP contribution >= 0.6 is 0 Å². The minimum atomic E-state index is -0.396. The maximum Gasteiger partial charge on any atom is 0.310 e. The van der Waals surface area contributed by atoms with E-state index in [0.29, 0.717) is 5.92 Å². The van der Waals surface area contributed by atoms with E-state index in [1.54, 1.807) is 0 Å². The number of hydrogen-bond donors (Lipinski definition) is 0. The van der Waals surface area contributed by atoms with Crippen LogP contribution in [0.2, 0.25) is 0 Å². The minimum Gasteiger partial charge on any atom is -0.460 e. The quantitative estimate of drug-likeness (QED) is 0.736. The Balaban J connectivity index is 2.16. The Morgan fingerprint density at radius 1 is 1.10 bits per heavy atom. The molecule has 0 heterocycles. The SMILES string of the molecule is Cc1ccc(C2CCCCC2C(=O)OC(C)(C)C)cc1. The van der Waals surface area contributed by atoms with Gasteiger partial charge < -0.3 is 4.74 Å². The van der Waals surface area contributed by atoms with Gasteiger partial charge >= 0.3 is 5.97 Å². The van der Waals surface area contributed by atoms with E-state index in [0.717, 1.165) is 19.3 Å². The Hall–Kier alpha value is -1.31. The summed E-state index contributed by atoms with van der Waals surface area (Å²) in [7, 11) is 0. The number of esters is 1. The van der Waals surface area contributed by atoms with Gasteiger partial charge in [-0.15, -0.1) is 0 Å². The monoisotopic (exact) mass is 274 g/mol. The zero-order valence-corrected chi connectivity index (χ0v) is 13.1.